The quantitative estimate of drug-likeness (QED) is 0.864. The lowest BCUT2D eigenvalue weighted by Crippen LogP contribution is -2.36. The smallest absolute Gasteiger partial charge is 0.121 e. The molecular formula is C17H28N2O. The predicted octanol–water partition coefficient (Wildman–Crippen LogP) is 2.83. The zero-order valence-corrected chi connectivity index (χ0v) is 13.1. The summed E-state index contributed by atoms with van der Waals surface area (Å²) in [6.45, 7) is 10.1. The molecule has 1 aromatic carbocycles. The summed E-state index contributed by atoms with van der Waals surface area (Å²) in [5, 5.41) is 3.47. The molecule has 0 radical (unpaired) electrons. The summed E-state index contributed by atoms with van der Waals surface area (Å²) in [5.74, 6) is 1.85. The van der Waals surface area contributed by atoms with E-state index in [1.807, 2.05) is 0 Å². The predicted molar refractivity (Wildman–Crippen MR) is 84.3 cm³/mol. The number of nitrogens with zero attached hydrogens (tertiary/aromatic N) is 1. The summed E-state index contributed by atoms with van der Waals surface area (Å²) in [4.78, 5) is 2.57. The molecule has 2 rings (SSSR count). The van der Waals surface area contributed by atoms with Gasteiger partial charge in [0, 0.05) is 6.54 Å². The van der Waals surface area contributed by atoms with Crippen LogP contribution < -0.4 is 10.1 Å². The van der Waals surface area contributed by atoms with Gasteiger partial charge in [-0.15, -0.1) is 0 Å². The van der Waals surface area contributed by atoms with Gasteiger partial charge in [0.15, 0.2) is 0 Å². The molecule has 20 heavy (non-hydrogen) atoms. The number of ether oxygens (including phenoxy) is 1. The van der Waals surface area contributed by atoms with Crippen molar-refractivity contribution in [3.63, 3.8) is 0 Å². The minimum Gasteiger partial charge on any atom is -0.496 e. The minimum atomic E-state index is 0.865. The van der Waals surface area contributed by atoms with Gasteiger partial charge < -0.3 is 10.1 Å². The highest BCUT2D eigenvalue weighted by atomic mass is 16.5. The standard InChI is InChI=1S/C17H28N2O/c1-4-18-12-15-7-9-19(10-8-15)13-16-5-6-17(20-3)14(2)11-16/h5-6,11,15,18H,4,7-10,12-13H2,1-3H3. The number of hydrogen-bond donors (Lipinski definition) is 1. The molecule has 0 unspecified atom stereocenters. The first-order valence-corrected chi connectivity index (χ1v) is 7.79. The Morgan fingerprint density at radius 1 is 1.30 bits per heavy atom. The van der Waals surface area contributed by atoms with Gasteiger partial charge >= 0.3 is 0 Å². The highest BCUT2D eigenvalue weighted by Crippen LogP contribution is 2.22. The minimum absolute atomic E-state index is 0.865. The van der Waals surface area contributed by atoms with Gasteiger partial charge in [0.05, 0.1) is 7.11 Å². The second-order valence-electron chi connectivity index (χ2n) is 5.83. The zero-order chi connectivity index (χ0) is 14.4. The lowest BCUT2D eigenvalue weighted by Gasteiger charge is -2.32. The van der Waals surface area contributed by atoms with Gasteiger partial charge in [-0.25, -0.2) is 0 Å². The van der Waals surface area contributed by atoms with Gasteiger partial charge in [-0.1, -0.05) is 19.1 Å². The Hall–Kier alpha value is -1.06. The summed E-state index contributed by atoms with van der Waals surface area (Å²) >= 11 is 0. The molecule has 0 amide bonds. The number of piperidine rings is 1. The lowest BCUT2D eigenvalue weighted by molar-refractivity contribution is 0.176. The maximum atomic E-state index is 5.32. The number of nitrogens with one attached hydrogen (secondary N) is 1. The van der Waals surface area contributed by atoms with Gasteiger partial charge in [-0.3, -0.25) is 4.90 Å². The molecule has 112 valence electrons. The molecule has 0 bridgehead atoms. The molecule has 1 N–H and O–H groups in total. The average Bonchev–Trinajstić information content (AvgIpc) is 2.47. The molecule has 3 heteroatoms. The van der Waals surface area contributed by atoms with Crippen LogP contribution in [0.25, 0.3) is 0 Å². The van der Waals surface area contributed by atoms with Crippen molar-refractivity contribution in [2.24, 2.45) is 5.92 Å². The van der Waals surface area contributed by atoms with Crippen molar-refractivity contribution in [3.8, 4) is 5.75 Å². The molecule has 3 nitrogen and oxygen atoms in total. The summed E-state index contributed by atoms with van der Waals surface area (Å²) in [6, 6.07) is 6.53. The molecule has 1 heterocycles. The number of benzene rings is 1. The van der Waals surface area contributed by atoms with Crippen molar-refractivity contribution >= 4 is 0 Å². The fourth-order valence-electron chi connectivity index (χ4n) is 2.99. The summed E-state index contributed by atoms with van der Waals surface area (Å²) in [5.41, 5.74) is 2.63. The van der Waals surface area contributed by atoms with E-state index in [0.717, 1.165) is 24.8 Å². The number of rotatable bonds is 6. The Balaban J connectivity index is 1.82. The summed E-state index contributed by atoms with van der Waals surface area (Å²) < 4.78 is 5.32. The number of hydrogen-bond acceptors (Lipinski definition) is 3. The van der Waals surface area contributed by atoms with Crippen LogP contribution in [0.1, 0.15) is 30.9 Å². The molecular weight excluding hydrogens is 248 g/mol. The zero-order valence-electron chi connectivity index (χ0n) is 13.1. The molecule has 0 spiro atoms. The van der Waals surface area contributed by atoms with Crippen molar-refractivity contribution in [2.45, 2.75) is 33.2 Å². The molecule has 1 aliphatic rings. The van der Waals surface area contributed by atoms with Crippen molar-refractivity contribution in [1.29, 1.82) is 0 Å². The second kappa shape index (κ2) is 7.65. The van der Waals surface area contributed by atoms with E-state index >= 15 is 0 Å². The number of aryl methyl sites for hydroxylation is 1. The molecule has 1 saturated heterocycles. The molecule has 0 aromatic heterocycles. The largest absolute Gasteiger partial charge is 0.496 e. The third-order valence-electron chi connectivity index (χ3n) is 4.26. The van der Waals surface area contributed by atoms with E-state index in [4.69, 9.17) is 4.74 Å². The monoisotopic (exact) mass is 276 g/mol. The van der Waals surface area contributed by atoms with E-state index in [1.54, 1.807) is 7.11 Å². The van der Waals surface area contributed by atoms with Crippen LogP contribution in [0.5, 0.6) is 5.75 Å². The van der Waals surface area contributed by atoms with Gasteiger partial charge in [-0.2, -0.15) is 0 Å². The van der Waals surface area contributed by atoms with Crippen LogP contribution in [0.3, 0.4) is 0 Å². The van der Waals surface area contributed by atoms with E-state index in [2.05, 4.69) is 42.3 Å². The molecule has 0 atom stereocenters. The van der Waals surface area contributed by atoms with Crippen molar-refractivity contribution < 1.29 is 4.74 Å². The van der Waals surface area contributed by atoms with Crippen LogP contribution >= 0.6 is 0 Å². The van der Waals surface area contributed by atoms with Crippen molar-refractivity contribution in [1.82, 2.24) is 10.2 Å². The van der Waals surface area contributed by atoms with E-state index in [9.17, 15) is 0 Å². The van der Waals surface area contributed by atoms with Crippen molar-refractivity contribution in [2.75, 3.05) is 33.3 Å². The SMILES string of the molecule is CCNCC1CCN(Cc2ccc(OC)c(C)c2)CC1. The Kier molecular flexibility index (Phi) is 5.86. The first-order valence-electron chi connectivity index (χ1n) is 7.79. The average molecular weight is 276 g/mol. The maximum absolute atomic E-state index is 5.32. The Morgan fingerprint density at radius 2 is 2.05 bits per heavy atom. The number of methoxy groups -OCH3 is 1. The third-order valence-corrected chi connectivity index (χ3v) is 4.26. The highest BCUT2D eigenvalue weighted by Gasteiger charge is 2.18. The summed E-state index contributed by atoms with van der Waals surface area (Å²) in [6.07, 6.45) is 2.64. The Morgan fingerprint density at radius 3 is 2.65 bits per heavy atom. The highest BCUT2D eigenvalue weighted by molar-refractivity contribution is 5.36. The molecule has 1 aromatic rings. The van der Waals surface area contributed by atoms with Crippen molar-refractivity contribution in [3.05, 3.63) is 29.3 Å². The second-order valence-corrected chi connectivity index (χ2v) is 5.83. The molecule has 1 fully saturated rings. The van der Waals surface area contributed by atoms with Crippen LogP contribution in [0.4, 0.5) is 0 Å². The van der Waals surface area contributed by atoms with E-state index in [-0.39, 0.29) is 0 Å². The van der Waals surface area contributed by atoms with Crippen LogP contribution in [0.15, 0.2) is 18.2 Å². The third kappa shape index (κ3) is 4.22. The molecule has 0 aliphatic carbocycles. The Labute approximate surface area is 123 Å². The number of likely N-dealkylation sites (tertiary alicyclic amines) is 1. The fourth-order valence-corrected chi connectivity index (χ4v) is 2.99. The topological polar surface area (TPSA) is 24.5 Å². The van der Waals surface area contributed by atoms with E-state index in [0.29, 0.717) is 0 Å². The van der Waals surface area contributed by atoms with Gasteiger partial charge in [0.2, 0.25) is 0 Å². The van der Waals surface area contributed by atoms with Gasteiger partial charge in [0.1, 0.15) is 5.75 Å². The Bertz CT molecular complexity index is 411. The van der Waals surface area contributed by atoms with Gasteiger partial charge in [0.25, 0.3) is 0 Å². The maximum Gasteiger partial charge on any atom is 0.121 e. The normalized spacial score (nSPS) is 17.4. The van der Waals surface area contributed by atoms with Crippen LogP contribution in [0.2, 0.25) is 0 Å². The first-order chi connectivity index (χ1) is 9.72. The van der Waals surface area contributed by atoms with E-state index in [1.165, 1.54) is 43.6 Å². The van der Waals surface area contributed by atoms with E-state index < -0.39 is 0 Å². The van der Waals surface area contributed by atoms with Crippen LogP contribution in [-0.2, 0) is 6.54 Å². The summed E-state index contributed by atoms with van der Waals surface area (Å²) in [7, 11) is 1.73. The lowest BCUT2D eigenvalue weighted by atomic mass is 9.96. The van der Waals surface area contributed by atoms with Crippen LogP contribution in [-0.4, -0.2) is 38.2 Å². The fraction of sp³-hybridized carbons (Fsp3) is 0.647. The molecule has 0 saturated carbocycles. The first kappa shape index (κ1) is 15.3. The van der Waals surface area contributed by atoms with Crippen LogP contribution in [0, 0.1) is 12.8 Å². The van der Waals surface area contributed by atoms with Gasteiger partial charge in [-0.05, 0) is 69.1 Å². The molecule has 1 aliphatic heterocycles.